The van der Waals surface area contributed by atoms with Crippen LogP contribution in [-0.4, -0.2) is 35.6 Å². The van der Waals surface area contributed by atoms with E-state index in [9.17, 15) is 0 Å². The van der Waals surface area contributed by atoms with Gasteiger partial charge in [0.1, 0.15) is 0 Å². The predicted octanol–water partition coefficient (Wildman–Crippen LogP) is 1.45. The maximum Gasteiger partial charge on any atom is 0.0931 e. The summed E-state index contributed by atoms with van der Waals surface area (Å²) in [6.07, 6.45) is 5.54. The van der Waals surface area contributed by atoms with Crippen LogP contribution in [0.5, 0.6) is 0 Å². The average Bonchev–Trinajstić information content (AvgIpc) is 3.09. The van der Waals surface area contributed by atoms with Crippen molar-refractivity contribution < 1.29 is 0 Å². The topological polar surface area (TPSA) is 52.7 Å². The Balaban J connectivity index is 1.38. The summed E-state index contributed by atoms with van der Waals surface area (Å²) >= 11 is 0. The maximum absolute atomic E-state index is 4.22. The monoisotopic (exact) mass is 244 g/mol. The first kappa shape index (κ1) is 11.7. The third-order valence-corrected chi connectivity index (χ3v) is 3.39. The Morgan fingerprint density at radius 3 is 3.06 bits per heavy atom. The molecule has 1 aromatic carbocycles. The number of hydrogen-bond donors (Lipinski definition) is 3. The third-order valence-electron chi connectivity index (χ3n) is 3.39. The SMILES string of the molecule is c1nc2ccc(CCNCCNC3CC3)cc2[nH]1. The molecule has 1 fully saturated rings. The highest BCUT2D eigenvalue weighted by molar-refractivity contribution is 5.75. The standard InChI is InChI=1S/C14H20N4/c1-4-13-14(18-10-17-13)9-11(1)5-6-15-7-8-16-12-2-3-12/h1,4,9-10,12,15-16H,2-3,5-8H2,(H,17,18). The fourth-order valence-corrected chi connectivity index (χ4v) is 2.15. The minimum atomic E-state index is 0.814. The summed E-state index contributed by atoms with van der Waals surface area (Å²) in [6.45, 7) is 3.18. The number of benzene rings is 1. The second-order valence-corrected chi connectivity index (χ2v) is 4.98. The van der Waals surface area contributed by atoms with E-state index in [0.717, 1.165) is 43.1 Å². The molecule has 18 heavy (non-hydrogen) atoms. The third kappa shape index (κ3) is 3.09. The lowest BCUT2D eigenvalue weighted by molar-refractivity contribution is 0.609. The van der Waals surface area contributed by atoms with Gasteiger partial charge in [0, 0.05) is 19.1 Å². The summed E-state index contributed by atoms with van der Waals surface area (Å²) in [5.74, 6) is 0. The van der Waals surface area contributed by atoms with Crippen LogP contribution in [0.2, 0.25) is 0 Å². The lowest BCUT2D eigenvalue weighted by Crippen LogP contribution is -2.29. The molecule has 4 nitrogen and oxygen atoms in total. The van der Waals surface area contributed by atoms with E-state index in [1.165, 1.54) is 18.4 Å². The fraction of sp³-hybridized carbons (Fsp3) is 0.500. The van der Waals surface area contributed by atoms with Gasteiger partial charge in [0.25, 0.3) is 0 Å². The molecular formula is C14H20N4. The highest BCUT2D eigenvalue weighted by Crippen LogP contribution is 2.17. The van der Waals surface area contributed by atoms with E-state index < -0.39 is 0 Å². The van der Waals surface area contributed by atoms with E-state index in [2.05, 4.69) is 38.8 Å². The van der Waals surface area contributed by atoms with Crippen molar-refractivity contribution in [2.24, 2.45) is 0 Å². The molecule has 4 heteroatoms. The van der Waals surface area contributed by atoms with Crippen LogP contribution in [0.1, 0.15) is 18.4 Å². The van der Waals surface area contributed by atoms with Crippen LogP contribution in [-0.2, 0) is 6.42 Å². The molecule has 0 aliphatic heterocycles. The number of nitrogens with one attached hydrogen (secondary N) is 3. The summed E-state index contributed by atoms with van der Waals surface area (Å²) in [5.41, 5.74) is 3.53. The molecule has 96 valence electrons. The van der Waals surface area contributed by atoms with Crippen molar-refractivity contribution in [3.05, 3.63) is 30.1 Å². The zero-order valence-corrected chi connectivity index (χ0v) is 10.6. The van der Waals surface area contributed by atoms with Crippen LogP contribution in [0.4, 0.5) is 0 Å². The second-order valence-electron chi connectivity index (χ2n) is 4.98. The maximum atomic E-state index is 4.22. The first-order valence-corrected chi connectivity index (χ1v) is 6.78. The minimum Gasteiger partial charge on any atom is -0.345 e. The van der Waals surface area contributed by atoms with Gasteiger partial charge in [-0.25, -0.2) is 4.98 Å². The van der Waals surface area contributed by atoms with E-state index in [4.69, 9.17) is 0 Å². The molecule has 0 radical (unpaired) electrons. The highest BCUT2D eigenvalue weighted by Gasteiger charge is 2.19. The van der Waals surface area contributed by atoms with E-state index in [0.29, 0.717) is 0 Å². The largest absolute Gasteiger partial charge is 0.345 e. The molecule has 3 N–H and O–H groups in total. The molecule has 0 spiro atoms. The zero-order valence-electron chi connectivity index (χ0n) is 10.6. The van der Waals surface area contributed by atoms with Crippen LogP contribution in [0.3, 0.4) is 0 Å². The Morgan fingerprint density at radius 1 is 1.22 bits per heavy atom. The van der Waals surface area contributed by atoms with Gasteiger partial charge in [0.2, 0.25) is 0 Å². The van der Waals surface area contributed by atoms with Crippen molar-refractivity contribution in [2.45, 2.75) is 25.3 Å². The number of hydrogen-bond acceptors (Lipinski definition) is 3. The van der Waals surface area contributed by atoms with E-state index in [-0.39, 0.29) is 0 Å². The smallest absolute Gasteiger partial charge is 0.0931 e. The van der Waals surface area contributed by atoms with Gasteiger partial charge in [0.05, 0.1) is 17.4 Å². The van der Waals surface area contributed by atoms with Gasteiger partial charge in [-0.3, -0.25) is 0 Å². The Kier molecular flexibility index (Phi) is 3.57. The molecule has 1 heterocycles. The molecule has 1 aromatic heterocycles. The predicted molar refractivity (Wildman–Crippen MR) is 73.7 cm³/mol. The van der Waals surface area contributed by atoms with Gasteiger partial charge in [-0.1, -0.05) is 6.07 Å². The molecular weight excluding hydrogens is 224 g/mol. The molecule has 3 rings (SSSR count). The molecule has 2 aromatic rings. The Hall–Kier alpha value is -1.39. The van der Waals surface area contributed by atoms with Gasteiger partial charge in [-0.15, -0.1) is 0 Å². The molecule has 1 aliphatic carbocycles. The van der Waals surface area contributed by atoms with Crippen molar-refractivity contribution >= 4 is 11.0 Å². The van der Waals surface area contributed by atoms with Crippen LogP contribution in [0.15, 0.2) is 24.5 Å². The number of fused-ring (bicyclic) bond motifs is 1. The van der Waals surface area contributed by atoms with Crippen LogP contribution in [0.25, 0.3) is 11.0 Å². The summed E-state index contributed by atoms with van der Waals surface area (Å²) in [6, 6.07) is 7.24. The molecule has 0 amide bonds. The van der Waals surface area contributed by atoms with Crippen LogP contribution in [0, 0.1) is 0 Å². The lowest BCUT2D eigenvalue weighted by atomic mass is 10.1. The lowest BCUT2D eigenvalue weighted by Gasteiger charge is -2.06. The normalized spacial score (nSPS) is 15.3. The van der Waals surface area contributed by atoms with Gasteiger partial charge in [-0.05, 0) is 43.5 Å². The molecule has 1 saturated carbocycles. The number of nitrogens with zero attached hydrogens (tertiary/aromatic N) is 1. The van der Waals surface area contributed by atoms with Gasteiger partial charge < -0.3 is 15.6 Å². The highest BCUT2D eigenvalue weighted by atomic mass is 15.0. The number of rotatable bonds is 7. The first-order chi connectivity index (χ1) is 8.92. The van der Waals surface area contributed by atoms with Crippen molar-refractivity contribution in [1.29, 1.82) is 0 Å². The zero-order chi connectivity index (χ0) is 12.2. The molecule has 0 bridgehead atoms. The Labute approximate surface area is 107 Å². The van der Waals surface area contributed by atoms with Gasteiger partial charge in [-0.2, -0.15) is 0 Å². The summed E-state index contributed by atoms with van der Waals surface area (Å²) in [5, 5.41) is 6.97. The van der Waals surface area contributed by atoms with Crippen molar-refractivity contribution in [3.8, 4) is 0 Å². The van der Waals surface area contributed by atoms with E-state index in [1.807, 2.05) is 0 Å². The van der Waals surface area contributed by atoms with Crippen LogP contribution >= 0.6 is 0 Å². The fourth-order valence-electron chi connectivity index (χ4n) is 2.15. The summed E-state index contributed by atoms with van der Waals surface area (Å²) in [7, 11) is 0. The van der Waals surface area contributed by atoms with Crippen molar-refractivity contribution in [2.75, 3.05) is 19.6 Å². The van der Waals surface area contributed by atoms with Crippen molar-refractivity contribution in [3.63, 3.8) is 0 Å². The quantitative estimate of drug-likeness (QED) is 0.646. The molecule has 1 aliphatic rings. The van der Waals surface area contributed by atoms with E-state index >= 15 is 0 Å². The Morgan fingerprint density at radius 2 is 2.17 bits per heavy atom. The number of aromatic amines is 1. The summed E-state index contributed by atoms with van der Waals surface area (Å²) in [4.78, 5) is 7.37. The second kappa shape index (κ2) is 5.50. The van der Waals surface area contributed by atoms with Gasteiger partial charge >= 0.3 is 0 Å². The summed E-state index contributed by atoms with van der Waals surface area (Å²) < 4.78 is 0. The number of imidazole rings is 1. The Bertz CT molecular complexity index is 501. The molecule has 0 saturated heterocycles. The van der Waals surface area contributed by atoms with Crippen molar-refractivity contribution in [1.82, 2.24) is 20.6 Å². The average molecular weight is 244 g/mol. The van der Waals surface area contributed by atoms with Crippen LogP contribution < -0.4 is 10.6 Å². The first-order valence-electron chi connectivity index (χ1n) is 6.78. The van der Waals surface area contributed by atoms with E-state index in [1.54, 1.807) is 6.33 Å². The number of H-pyrrole nitrogens is 1. The van der Waals surface area contributed by atoms with Gasteiger partial charge in [0.15, 0.2) is 0 Å². The molecule has 0 atom stereocenters. The molecule has 0 unspecified atom stereocenters. The minimum absolute atomic E-state index is 0.814. The number of aromatic nitrogens is 2.